The Balaban J connectivity index is 2.27. The molecule has 268 valence electrons. The third-order valence-corrected chi connectivity index (χ3v) is 10.7. The van der Waals surface area contributed by atoms with Gasteiger partial charge in [-0.15, -0.1) is 0 Å². The van der Waals surface area contributed by atoms with Gasteiger partial charge in [0.25, 0.3) is 0 Å². The third-order valence-electron chi connectivity index (χ3n) is 10.7. The second kappa shape index (κ2) is 15.8. The molecule has 51 heavy (non-hydrogen) atoms. The molecule has 0 aliphatic carbocycles. The van der Waals surface area contributed by atoms with E-state index in [0.29, 0.717) is 12.1 Å². The first-order valence-electron chi connectivity index (χ1n) is 20.7. The van der Waals surface area contributed by atoms with Crippen molar-refractivity contribution < 1.29 is 2.74 Å². The lowest BCUT2D eigenvalue weighted by molar-refractivity contribution is 0.834. The third kappa shape index (κ3) is 7.53. The van der Waals surface area contributed by atoms with Gasteiger partial charge in [0.15, 0.2) is 0 Å². The normalized spacial score (nSPS) is 12.7. The molecule has 0 unspecified atom stereocenters. The molecule has 5 aromatic carbocycles. The van der Waals surface area contributed by atoms with Gasteiger partial charge in [-0.25, -0.2) is 0 Å². The van der Waals surface area contributed by atoms with Crippen molar-refractivity contribution >= 4 is 0 Å². The smallest absolute Gasteiger partial charge is 0.0619 e. The molecule has 5 aromatic rings. The standard InChI is InChI=1S/C51H64/c1-30(2)37-20-15-16-21-44(37)45-28-47(50-40(33(7)8)24-18-25-41(50)34(9)10)48(51-42(35(11)12)26-19-27-43(51)36(13)14)29-46(45)49-38(31(3)4)22-17-23-39(49)32(5)6/h15-36H,1-14H3/i28D,29D. The van der Waals surface area contributed by atoms with Crippen molar-refractivity contribution in [1.29, 1.82) is 0 Å². The van der Waals surface area contributed by atoms with Gasteiger partial charge in [0.05, 0.1) is 2.74 Å². The predicted molar refractivity (Wildman–Crippen MR) is 227 cm³/mol. The van der Waals surface area contributed by atoms with Crippen molar-refractivity contribution in [3.8, 4) is 44.5 Å². The molecule has 0 amide bonds. The Hall–Kier alpha value is -3.90. The highest BCUT2D eigenvalue weighted by Crippen LogP contribution is 2.51. The molecule has 0 aromatic heterocycles. The van der Waals surface area contributed by atoms with Crippen LogP contribution in [-0.2, 0) is 0 Å². The zero-order valence-corrected chi connectivity index (χ0v) is 34.0. The highest BCUT2D eigenvalue weighted by Gasteiger charge is 2.28. The van der Waals surface area contributed by atoms with E-state index in [0.717, 1.165) is 44.5 Å². The molecule has 0 aliphatic heterocycles. The average Bonchev–Trinajstić information content (AvgIpc) is 3.10. The molecule has 0 aliphatic rings. The minimum atomic E-state index is 0.231. The Labute approximate surface area is 314 Å². The molecule has 0 bridgehead atoms. The summed E-state index contributed by atoms with van der Waals surface area (Å²) in [5.74, 6) is 1.63. The first-order chi connectivity index (χ1) is 25.0. The summed E-state index contributed by atoms with van der Waals surface area (Å²) in [5.41, 5.74) is 16.7. The average molecular weight is 679 g/mol. The molecule has 0 nitrogen and oxygen atoms in total. The largest absolute Gasteiger partial charge is 0.0636 e. The van der Waals surface area contributed by atoms with E-state index in [1.54, 1.807) is 0 Å². The topological polar surface area (TPSA) is 0 Å². The van der Waals surface area contributed by atoms with Crippen molar-refractivity contribution in [3.05, 3.63) is 130 Å². The molecular weight excluding hydrogens is 613 g/mol. The molecule has 0 atom stereocenters. The van der Waals surface area contributed by atoms with Crippen LogP contribution in [0.25, 0.3) is 44.5 Å². The summed E-state index contributed by atoms with van der Waals surface area (Å²) < 4.78 is 21.7. The van der Waals surface area contributed by atoms with Crippen LogP contribution in [0.2, 0.25) is 0 Å². The van der Waals surface area contributed by atoms with E-state index in [1.807, 2.05) is 0 Å². The van der Waals surface area contributed by atoms with Gasteiger partial charge in [-0.2, -0.15) is 0 Å². The van der Waals surface area contributed by atoms with E-state index in [1.165, 1.54) is 38.9 Å². The van der Waals surface area contributed by atoms with Gasteiger partial charge in [-0.05, 0) is 137 Å². The van der Waals surface area contributed by atoms with Gasteiger partial charge in [0.2, 0.25) is 0 Å². The van der Waals surface area contributed by atoms with Crippen LogP contribution in [0, 0.1) is 0 Å². The van der Waals surface area contributed by atoms with Crippen molar-refractivity contribution in [3.63, 3.8) is 0 Å². The van der Waals surface area contributed by atoms with E-state index in [4.69, 9.17) is 0 Å². The summed E-state index contributed by atoms with van der Waals surface area (Å²) in [6.45, 7) is 31.7. The molecule has 0 heterocycles. The van der Waals surface area contributed by atoms with E-state index < -0.39 is 0 Å². The van der Waals surface area contributed by atoms with Crippen LogP contribution in [-0.4, -0.2) is 0 Å². The van der Waals surface area contributed by atoms with Crippen molar-refractivity contribution in [2.75, 3.05) is 0 Å². The van der Waals surface area contributed by atoms with Crippen LogP contribution >= 0.6 is 0 Å². The minimum Gasteiger partial charge on any atom is -0.0619 e. The molecule has 5 rings (SSSR count). The monoisotopic (exact) mass is 679 g/mol. The first kappa shape index (κ1) is 35.5. The summed E-state index contributed by atoms with van der Waals surface area (Å²) in [7, 11) is 0. The van der Waals surface area contributed by atoms with Gasteiger partial charge in [0.1, 0.15) is 0 Å². The predicted octanol–water partition coefficient (Wildman–Crippen LogP) is 16.2. The Morgan fingerprint density at radius 2 is 0.510 bits per heavy atom. The fourth-order valence-electron chi connectivity index (χ4n) is 8.01. The van der Waals surface area contributed by atoms with Crippen molar-refractivity contribution in [2.24, 2.45) is 0 Å². The zero-order valence-electron chi connectivity index (χ0n) is 36.0. The number of hydrogen-bond donors (Lipinski definition) is 0. The van der Waals surface area contributed by atoms with Gasteiger partial charge < -0.3 is 0 Å². The second-order valence-electron chi connectivity index (χ2n) is 16.9. The molecule has 0 fully saturated rings. The van der Waals surface area contributed by atoms with E-state index in [2.05, 4.69) is 176 Å². The fourth-order valence-corrected chi connectivity index (χ4v) is 8.01. The van der Waals surface area contributed by atoms with Crippen molar-refractivity contribution in [2.45, 2.75) is 138 Å². The van der Waals surface area contributed by atoms with Crippen molar-refractivity contribution in [1.82, 2.24) is 0 Å². The molecule has 0 radical (unpaired) electrons. The Bertz CT molecular complexity index is 2010. The maximum absolute atomic E-state index is 10.9. The fraction of sp³-hybridized carbons (Fsp3) is 0.412. The zero-order chi connectivity index (χ0) is 39.0. The maximum Gasteiger partial charge on any atom is 0.0636 e. The molecule has 0 N–H and O–H groups in total. The van der Waals surface area contributed by atoms with Gasteiger partial charge in [-0.1, -0.05) is 176 Å². The summed E-state index contributed by atoms with van der Waals surface area (Å²) in [6, 6.07) is 29.9. The maximum atomic E-state index is 10.9. The van der Waals surface area contributed by atoms with Crippen LogP contribution < -0.4 is 0 Å². The Morgan fingerprint density at radius 3 is 0.804 bits per heavy atom. The Morgan fingerprint density at radius 1 is 0.275 bits per heavy atom. The van der Waals surface area contributed by atoms with E-state index in [-0.39, 0.29) is 41.4 Å². The van der Waals surface area contributed by atoms with Gasteiger partial charge >= 0.3 is 0 Å². The minimum absolute atomic E-state index is 0.231. The SMILES string of the molecule is [2H]c1c(-c2ccccc2C(C)C)c(-c2c(C(C)C)cccc2C(C)C)c([2H])c(-c2c(C(C)C)cccc2C(C)C)c1-c1c(C(C)C)cccc1C(C)C. The molecule has 0 spiro atoms. The highest BCUT2D eigenvalue weighted by atomic mass is 14.3. The molecule has 0 heteroatoms. The molecular formula is C51H64. The molecule has 0 saturated heterocycles. The number of hydrogen-bond acceptors (Lipinski definition) is 0. The number of benzene rings is 5. The van der Waals surface area contributed by atoms with Gasteiger partial charge in [-0.3, -0.25) is 0 Å². The van der Waals surface area contributed by atoms with Crippen LogP contribution in [0.15, 0.2) is 90.9 Å². The Kier molecular flexibility index (Phi) is 11.0. The highest BCUT2D eigenvalue weighted by molar-refractivity contribution is 5.99. The lowest BCUT2D eigenvalue weighted by atomic mass is 9.74. The number of rotatable bonds is 11. The first-order valence-corrected chi connectivity index (χ1v) is 19.7. The lowest BCUT2D eigenvalue weighted by Crippen LogP contribution is -2.07. The summed E-state index contributed by atoms with van der Waals surface area (Å²) in [4.78, 5) is 0. The molecule has 0 saturated carbocycles. The van der Waals surface area contributed by atoms with Crippen LogP contribution in [0.5, 0.6) is 0 Å². The summed E-state index contributed by atoms with van der Waals surface area (Å²) >= 11 is 0. The van der Waals surface area contributed by atoms with E-state index >= 15 is 0 Å². The van der Waals surface area contributed by atoms with Crippen LogP contribution in [0.4, 0.5) is 0 Å². The van der Waals surface area contributed by atoms with E-state index in [9.17, 15) is 2.74 Å². The van der Waals surface area contributed by atoms with Gasteiger partial charge in [0, 0.05) is 0 Å². The summed E-state index contributed by atoms with van der Waals surface area (Å²) in [5, 5.41) is 0. The summed E-state index contributed by atoms with van der Waals surface area (Å²) in [6.07, 6.45) is 0. The second-order valence-corrected chi connectivity index (χ2v) is 16.9. The van der Waals surface area contributed by atoms with Crippen LogP contribution in [0.1, 0.15) is 180 Å². The van der Waals surface area contributed by atoms with Crippen LogP contribution in [0.3, 0.4) is 0 Å². The lowest BCUT2D eigenvalue weighted by Gasteiger charge is -2.29. The quantitative estimate of drug-likeness (QED) is 0.130.